The molecule has 1 aromatic heterocycles. The Bertz CT molecular complexity index is 361. The Kier molecular flexibility index (Phi) is 6.30. The zero-order valence-electron chi connectivity index (χ0n) is 9.48. The summed E-state index contributed by atoms with van der Waals surface area (Å²) in [6, 6.07) is 0. The van der Waals surface area contributed by atoms with Gasteiger partial charge in [0.2, 0.25) is 10.9 Å². The fraction of sp³-hybridized carbons (Fsp3) is 0.700. The zero-order valence-corrected chi connectivity index (χ0v) is 13.5. The van der Waals surface area contributed by atoms with E-state index in [4.69, 9.17) is 0 Å². The normalized spacial score (nSPS) is 11.9. The van der Waals surface area contributed by atoms with Gasteiger partial charge in [-0.1, -0.05) is 13.3 Å². The highest BCUT2D eigenvalue weighted by Crippen LogP contribution is 2.61. The van der Waals surface area contributed by atoms with Crippen LogP contribution >= 0.6 is 35.5 Å². The maximum absolute atomic E-state index is 11.4. The largest absolute Gasteiger partial charge is 0.299 e. The van der Waals surface area contributed by atoms with Crippen molar-refractivity contribution in [1.29, 1.82) is 0 Å². The van der Waals surface area contributed by atoms with E-state index in [1.54, 1.807) is 0 Å². The van der Waals surface area contributed by atoms with Crippen LogP contribution in [0.5, 0.6) is 0 Å². The molecular weight excluding hydrogens is 355 g/mol. The minimum absolute atomic E-state index is 0.681. The van der Waals surface area contributed by atoms with E-state index in [0.29, 0.717) is 6.16 Å². The highest BCUT2D eigenvalue weighted by Gasteiger charge is 2.12. The Balaban J connectivity index is 2.32. The quantitative estimate of drug-likeness (QED) is 0.525. The second kappa shape index (κ2) is 6.97. The van der Waals surface area contributed by atoms with Crippen molar-refractivity contribution in [2.24, 2.45) is 0 Å². The van der Waals surface area contributed by atoms with Gasteiger partial charge in [-0.2, -0.15) is 0 Å². The van der Waals surface area contributed by atoms with Gasteiger partial charge in [-0.25, -0.2) is 9.13 Å². The second-order valence-corrected chi connectivity index (χ2v) is 15.2. The molecule has 0 unspecified atom stereocenters. The standard InChI is InChI=1S/C10H18Br2N2OP/c1-2-3-5-13-7-8-14(10-13)6-4-9-16(11,12)15/h7-8,10H,2-6,9H2,1H3/q+1. The predicted molar refractivity (Wildman–Crippen MR) is 74.5 cm³/mol. The molecule has 0 aliphatic carbocycles. The Morgan fingerprint density at radius 2 is 2.12 bits per heavy atom. The van der Waals surface area contributed by atoms with Crippen molar-refractivity contribution in [2.45, 2.75) is 39.3 Å². The molecule has 0 spiro atoms. The highest BCUT2D eigenvalue weighted by molar-refractivity contribution is 9.70. The molecule has 0 amide bonds. The second-order valence-electron chi connectivity index (χ2n) is 3.89. The molecule has 3 nitrogen and oxygen atoms in total. The Hall–Kier alpha value is 0.400. The number of aryl methyl sites for hydroxylation is 2. The molecule has 0 radical (unpaired) electrons. The molecule has 0 aliphatic rings. The van der Waals surface area contributed by atoms with Crippen LogP contribution in [-0.4, -0.2) is 10.7 Å². The van der Waals surface area contributed by atoms with E-state index in [-0.39, 0.29) is 0 Å². The molecule has 0 N–H and O–H groups in total. The third-order valence-electron chi connectivity index (χ3n) is 2.35. The lowest BCUT2D eigenvalue weighted by Crippen LogP contribution is -2.31. The maximum Gasteiger partial charge on any atom is 0.243 e. The Labute approximate surface area is 113 Å². The molecule has 92 valence electrons. The first-order valence-electron chi connectivity index (χ1n) is 5.54. The summed E-state index contributed by atoms with van der Waals surface area (Å²) in [4.78, 5) is 0. The first kappa shape index (κ1) is 14.5. The van der Waals surface area contributed by atoms with Crippen LogP contribution < -0.4 is 4.57 Å². The number of rotatable bonds is 7. The fourth-order valence-electron chi connectivity index (χ4n) is 1.48. The van der Waals surface area contributed by atoms with Crippen LogP contribution in [0.1, 0.15) is 26.2 Å². The number of aromatic nitrogens is 2. The van der Waals surface area contributed by atoms with E-state index in [0.717, 1.165) is 19.5 Å². The van der Waals surface area contributed by atoms with Gasteiger partial charge in [-0.05, 0) is 43.8 Å². The summed E-state index contributed by atoms with van der Waals surface area (Å²) in [6.07, 6.45) is 10.3. The first-order chi connectivity index (χ1) is 7.51. The number of nitrogens with zero attached hydrogens (tertiary/aromatic N) is 2. The van der Waals surface area contributed by atoms with Crippen molar-refractivity contribution in [3.8, 4) is 0 Å². The summed E-state index contributed by atoms with van der Waals surface area (Å²) in [5.41, 5.74) is 0. The van der Waals surface area contributed by atoms with E-state index < -0.39 is 4.55 Å². The lowest BCUT2D eigenvalue weighted by atomic mass is 10.3. The number of imidazole rings is 1. The van der Waals surface area contributed by atoms with Crippen LogP contribution in [0.4, 0.5) is 0 Å². The number of halogens is 2. The monoisotopic (exact) mass is 371 g/mol. The molecule has 0 aliphatic heterocycles. The minimum Gasteiger partial charge on any atom is -0.299 e. The molecule has 1 rings (SSSR count). The third-order valence-corrected chi connectivity index (χ3v) is 5.32. The molecular formula is C10H18Br2N2OP+. The molecule has 0 aromatic carbocycles. The topological polar surface area (TPSA) is 25.9 Å². The van der Waals surface area contributed by atoms with E-state index in [1.165, 1.54) is 12.8 Å². The van der Waals surface area contributed by atoms with Crippen LogP contribution in [0.25, 0.3) is 0 Å². The van der Waals surface area contributed by atoms with E-state index >= 15 is 0 Å². The first-order valence-corrected chi connectivity index (χ1v) is 11.5. The van der Waals surface area contributed by atoms with Crippen LogP contribution in [0.2, 0.25) is 0 Å². The van der Waals surface area contributed by atoms with Crippen molar-refractivity contribution in [3.63, 3.8) is 0 Å². The average molecular weight is 373 g/mol. The summed E-state index contributed by atoms with van der Waals surface area (Å²) in [7, 11) is 0. The van der Waals surface area contributed by atoms with Crippen LogP contribution in [0, 0.1) is 0 Å². The molecule has 1 aromatic rings. The van der Waals surface area contributed by atoms with Crippen LogP contribution in [0.3, 0.4) is 0 Å². The van der Waals surface area contributed by atoms with Gasteiger partial charge in [0, 0.05) is 6.16 Å². The molecule has 16 heavy (non-hydrogen) atoms. The summed E-state index contributed by atoms with van der Waals surface area (Å²) >= 11 is 6.30. The predicted octanol–water partition coefficient (Wildman–Crippen LogP) is 3.95. The van der Waals surface area contributed by atoms with Gasteiger partial charge < -0.3 is 0 Å². The number of unbranched alkanes of at least 4 members (excludes halogenated alkanes) is 1. The van der Waals surface area contributed by atoms with Gasteiger partial charge in [0.15, 0.2) is 0 Å². The molecule has 0 saturated carbocycles. The van der Waals surface area contributed by atoms with Crippen molar-refractivity contribution < 1.29 is 9.13 Å². The van der Waals surface area contributed by atoms with Gasteiger partial charge >= 0.3 is 0 Å². The lowest BCUT2D eigenvalue weighted by Gasteiger charge is -2.00. The van der Waals surface area contributed by atoms with Gasteiger partial charge in [0.25, 0.3) is 0 Å². The van der Waals surface area contributed by atoms with Crippen molar-refractivity contribution in [2.75, 3.05) is 6.16 Å². The Morgan fingerprint density at radius 1 is 1.38 bits per heavy atom. The molecule has 1 heterocycles. The van der Waals surface area contributed by atoms with Crippen molar-refractivity contribution in [3.05, 3.63) is 18.7 Å². The van der Waals surface area contributed by atoms with E-state index in [2.05, 4.69) is 65.8 Å². The zero-order chi connectivity index (χ0) is 12.0. The molecule has 0 fully saturated rings. The Morgan fingerprint density at radius 3 is 2.75 bits per heavy atom. The minimum atomic E-state index is -2.21. The molecule has 0 atom stereocenters. The molecule has 6 heteroatoms. The van der Waals surface area contributed by atoms with Gasteiger partial charge in [-0.15, -0.1) is 0 Å². The maximum atomic E-state index is 11.4. The van der Waals surface area contributed by atoms with Crippen molar-refractivity contribution >= 4 is 35.5 Å². The highest BCUT2D eigenvalue weighted by atomic mass is 79.9. The lowest BCUT2D eigenvalue weighted by molar-refractivity contribution is -0.696. The van der Waals surface area contributed by atoms with Gasteiger partial charge in [-0.3, -0.25) is 4.57 Å². The van der Waals surface area contributed by atoms with Crippen LogP contribution in [-0.2, 0) is 17.7 Å². The summed E-state index contributed by atoms with van der Waals surface area (Å²) in [5.74, 6) is 0. The summed E-state index contributed by atoms with van der Waals surface area (Å²) < 4.78 is 13.5. The molecule has 0 bridgehead atoms. The number of hydrogen-bond donors (Lipinski definition) is 0. The van der Waals surface area contributed by atoms with Crippen molar-refractivity contribution in [1.82, 2.24) is 4.57 Å². The SMILES string of the molecule is CCCCn1cc[n+](CCCP(=O)(Br)Br)c1. The molecule has 0 saturated heterocycles. The van der Waals surface area contributed by atoms with E-state index in [1.807, 2.05) is 0 Å². The van der Waals surface area contributed by atoms with E-state index in [9.17, 15) is 4.57 Å². The fourth-order valence-corrected chi connectivity index (χ4v) is 3.50. The summed E-state index contributed by atoms with van der Waals surface area (Å²) in [5, 5.41) is 0. The van der Waals surface area contributed by atoms with Gasteiger partial charge in [0.1, 0.15) is 12.4 Å². The van der Waals surface area contributed by atoms with Gasteiger partial charge in [0.05, 0.1) is 13.1 Å². The number of hydrogen-bond acceptors (Lipinski definition) is 1. The third kappa shape index (κ3) is 6.21. The average Bonchev–Trinajstić information content (AvgIpc) is 2.61. The smallest absolute Gasteiger partial charge is 0.243 e. The summed E-state index contributed by atoms with van der Waals surface area (Å²) in [6.45, 7) is 4.19. The van der Waals surface area contributed by atoms with Crippen LogP contribution in [0.15, 0.2) is 18.7 Å².